The number of hydrogen-bond donors (Lipinski definition) is 1. The van der Waals surface area contributed by atoms with Crippen LogP contribution in [-0.2, 0) is 14.6 Å². The molecule has 2 aromatic carbocycles. The summed E-state index contributed by atoms with van der Waals surface area (Å²) in [7, 11) is -3.31. The fourth-order valence-electron chi connectivity index (χ4n) is 3.78. The summed E-state index contributed by atoms with van der Waals surface area (Å²) >= 11 is 1.10. The molecule has 1 N–H and O–H groups in total. The van der Waals surface area contributed by atoms with E-state index in [9.17, 15) is 22.0 Å². The zero-order valence-electron chi connectivity index (χ0n) is 16.9. The molecule has 0 unspecified atom stereocenters. The van der Waals surface area contributed by atoms with Crippen molar-refractivity contribution in [3.63, 3.8) is 0 Å². The number of aliphatic imine (C=N–C) groups is 1. The van der Waals surface area contributed by atoms with Gasteiger partial charge in [-0.1, -0.05) is 23.9 Å². The number of carbonyl (C=O) groups is 1. The Labute approximate surface area is 183 Å². The molecule has 2 heterocycles. The average molecular weight is 466 g/mol. The molecule has 4 rings (SSSR count). The minimum atomic E-state index is -3.31. The van der Waals surface area contributed by atoms with Gasteiger partial charge in [-0.25, -0.2) is 17.2 Å². The van der Waals surface area contributed by atoms with Crippen LogP contribution in [0, 0.1) is 25.5 Å². The second kappa shape index (κ2) is 8.23. The number of amides is 1. The Bertz CT molecular complexity index is 1180. The number of fused-ring (bicyclic) bond motifs is 1. The van der Waals surface area contributed by atoms with Crippen molar-refractivity contribution in [2.45, 2.75) is 25.9 Å². The fraction of sp³-hybridized carbons (Fsp3) is 0.333. The van der Waals surface area contributed by atoms with Crippen molar-refractivity contribution in [3.8, 4) is 0 Å². The van der Waals surface area contributed by atoms with E-state index < -0.39 is 33.6 Å². The Balaban J connectivity index is 1.54. The van der Waals surface area contributed by atoms with Crippen LogP contribution in [0.2, 0.25) is 0 Å². The number of anilines is 2. The largest absolute Gasteiger partial charge is 0.325 e. The molecular formula is C21H21F2N3O3S2. The summed E-state index contributed by atoms with van der Waals surface area (Å²) in [6.07, 6.45) is 0. The first kappa shape index (κ1) is 21.8. The number of hydrogen-bond acceptors (Lipinski definition) is 6. The van der Waals surface area contributed by atoms with E-state index in [0.29, 0.717) is 10.9 Å². The van der Waals surface area contributed by atoms with Gasteiger partial charge in [0.15, 0.2) is 15.0 Å². The van der Waals surface area contributed by atoms with Gasteiger partial charge in [-0.3, -0.25) is 9.79 Å². The van der Waals surface area contributed by atoms with Gasteiger partial charge < -0.3 is 10.2 Å². The molecule has 1 fully saturated rings. The molecule has 31 heavy (non-hydrogen) atoms. The van der Waals surface area contributed by atoms with Crippen molar-refractivity contribution >= 4 is 44.0 Å². The maximum Gasteiger partial charge on any atom is 0.234 e. The number of rotatable bonds is 4. The predicted octanol–water partition coefficient (Wildman–Crippen LogP) is 3.30. The van der Waals surface area contributed by atoms with Gasteiger partial charge in [-0.05, 0) is 43.2 Å². The quantitative estimate of drug-likeness (QED) is 0.750. The van der Waals surface area contributed by atoms with Crippen LogP contribution in [0.4, 0.5) is 20.2 Å². The van der Waals surface area contributed by atoms with Gasteiger partial charge in [0, 0.05) is 11.8 Å². The smallest absolute Gasteiger partial charge is 0.234 e. The standard InChI is InChI=1S/C21H21F2N3O3S2/c1-12-3-4-13(2)16(7-12)24-20(27)9-30-21-25-17-10-31(28,29)11-19(17)26(21)18-6-5-14(22)8-15(18)23/h3-8,17,19H,9-11H2,1-2H3,(H,24,27)/t17-,19-/m1/s1. The van der Waals surface area contributed by atoms with E-state index in [1.165, 1.54) is 11.0 Å². The zero-order chi connectivity index (χ0) is 22.3. The molecule has 0 aliphatic carbocycles. The van der Waals surface area contributed by atoms with Crippen LogP contribution in [0.25, 0.3) is 0 Å². The molecule has 0 saturated carbocycles. The molecule has 2 aliphatic rings. The summed E-state index contributed by atoms with van der Waals surface area (Å²) in [6, 6.07) is 7.76. The third-order valence-electron chi connectivity index (χ3n) is 5.28. The number of nitrogens with one attached hydrogen (secondary N) is 1. The zero-order valence-corrected chi connectivity index (χ0v) is 18.6. The van der Waals surface area contributed by atoms with E-state index in [2.05, 4.69) is 10.3 Å². The highest BCUT2D eigenvalue weighted by Crippen LogP contribution is 2.36. The molecule has 1 saturated heterocycles. The Morgan fingerprint density at radius 1 is 1.19 bits per heavy atom. The summed E-state index contributed by atoms with van der Waals surface area (Å²) in [5.74, 6) is -2.08. The minimum Gasteiger partial charge on any atom is -0.325 e. The van der Waals surface area contributed by atoms with E-state index in [4.69, 9.17) is 0 Å². The van der Waals surface area contributed by atoms with Gasteiger partial charge in [-0.15, -0.1) is 0 Å². The number of benzene rings is 2. The number of aryl methyl sites for hydroxylation is 2. The molecule has 1 amide bonds. The van der Waals surface area contributed by atoms with Gasteiger partial charge in [0.2, 0.25) is 5.91 Å². The predicted molar refractivity (Wildman–Crippen MR) is 120 cm³/mol. The molecule has 2 aliphatic heterocycles. The third-order valence-corrected chi connectivity index (χ3v) is 7.94. The average Bonchev–Trinajstić information content (AvgIpc) is 3.14. The molecule has 0 spiro atoms. The summed E-state index contributed by atoms with van der Waals surface area (Å²) in [5, 5.41) is 3.21. The summed E-state index contributed by atoms with van der Waals surface area (Å²) in [6.45, 7) is 3.82. The summed E-state index contributed by atoms with van der Waals surface area (Å²) < 4.78 is 52.1. The number of sulfone groups is 1. The lowest BCUT2D eigenvalue weighted by Crippen LogP contribution is -2.40. The van der Waals surface area contributed by atoms with Gasteiger partial charge in [-0.2, -0.15) is 0 Å². The first-order chi connectivity index (χ1) is 14.6. The Morgan fingerprint density at radius 3 is 2.71 bits per heavy atom. The van der Waals surface area contributed by atoms with E-state index >= 15 is 0 Å². The number of amidine groups is 1. The third kappa shape index (κ3) is 4.59. The normalized spacial score (nSPS) is 21.7. The van der Waals surface area contributed by atoms with Crippen molar-refractivity contribution in [1.29, 1.82) is 0 Å². The Morgan fingerprint density at radius 2 is 1.97 bits per heavy atom. The van der Waals surface area contributed by atoms with E-state index in [1.54, 1.807) is 0 Å². The van der Waals surface area contributed by atoms with Crippen LogP contribution in [0.1, 0.15) is 11.1 Å². The highest BCUT2D eigenvalue weighted by atomic mass is 32.2. The number of halogens is 2. The van der Waals surface area contributed by atoms with Crippen molar-refractivity contribution < 1.29 is 22.0 Å². The van der Waals surface area contributed by atoms with Crippen LogP contribution in [0.15, 0.2) is 41.4 Å². The lowest BCUT2D eigenvalue weighted by Gasteiger charge is -2.26. The highest BCUT2D eigenvalue weighted by Gasteiger charge is 2.47. The van der Waals surface area contributed by atoms with E-state index in [0.717, 1.165) is 35.0 Å². The van der Waals surface area contributed by atoms with E-state index in [1.807, 2.05) is 32.0 Å². The van der Waals surface area contributed by atoms with Crippen molar-refractivity contribution in [2.75, 3.05) is 27.5 Å². The molecule has 0 radical (unpaired) electrons. The maximum absolute atomic E-state index is 14.5. The van der Waals surface area contributed by atoms with Crippen molar-refractivity contribution in [2.24, 2.45) is 4.99 Å². The SMILES string of the molecule is Cc1ccc(C)c(NC(=O)CSC2=N[C@@H]3CS(=O)(=O)C[C@H]3N2c2ccc(F)cc2F)c1. The first-order valence-electron chi connectivity index (χ1n) is 9.65. The number of thioether (sulfide) groups is 1. The Kier molecular flexibility index (Phi) is 5.78. The molecule has 2 aromatic rings. The van der Waals surface area contributed by atoms with Crippen LogP contribution in [0.5, 0.6) is 0 Å². The minimum absolute atomic E-state index is 0.0116. The second-order valence-electron chi connectivity index (χ2n) is 7.74. The first-order valence-corrected chi connectivity index (χ1v) is 12.5. The van der Waals surface area contributed by atoms with Crippen molar-refractivity contribution in [3.05, 3.63) is 59.2 Å². The monoisotopic (exact) mass is 465 g/mol. The molecule has 0 bridgehead atoms. The second-order valence-corrected chi connectivity index (χ2v) is 10.8. The van der Waals surface area contributed by atoms with Gasteiger partial charge >= 0.3 is 0 Å². The Hall–Kier alpha value is -2.46. The number of nitrogens with zero attached hydrogens (tertiary/aromatic N) is 2. The lowest BCUT2D eigenvalue weighted by atomic mass is 10.1. The summed E-state index contributed by atoms with van der Waals surface area (Å²) in [5.41, 5.74) is 2.70. The van der Waals surface area contributed by atoms with Gasteiger partial charge in [0.25, 0.3) is 0 Å². The van der Waals surface area contributed by atoms with Crippen LogP contribution in [-0.4, -0.2) is 48.8 Å². The highest BCUT2D eigenvalue weighted by molar-refractivity contribution is 8.14. The topological polar surface area (TPSA) is 78.8 Å². The van der Waals surface area contributed by atoms with Crippen molar-refractivity contribution in [1.82, 2.24) is 0 Å². The molecule has 0 aromatic heterocycles. The van der Waals surface area contributed by atoms with Crippen LogP contribution < -0.4 is 10.2 Å². The lowest BCUT2D eigenvalue weighted by molar-refractivity contribution is -0.113. The molecular weight excluding hydrogens is 444 g/mol. The molecule has 164 valence electrons. The molecule has 6 nitrogen and oxygen atoms in total. The molecule has 10 heteroatoms. The van der Waals surface area contributed by atoms with Crippen LogP contribution >= 0.6 is 11.8 Å². The molecule has 2 atom stereocenters. The number of carbonyl (C=O) groups excluding carboxylic acids is 1. The van der Waals surface area contributed by atoms with E-state index in [-0.39, 0.29) is 28.9 Å². The fourth-order valence-corrected chi connectivity index (χ4v) is 6.54. The van der Waals surface area contributed by atoms with Crippen LogP contribution in [0.3, 0.4) is 0 Å². The maximum atomic E-state index is 14.5. The summed E-state index contributed by atoms with van der Waals surface area (Å²) in [4.78, 5) is 18.5. The van der Waals surface area contributed by atoms with Gasteiger partial charge in [0.05, 0.1) is 35.0 Å². The van der Waals surface area contributed by atoms with Gasteiger partial charge in [0.1, 0.15) is 11.6 Å².